The van der Waals surface area contributed by atoms with Crippen molar-refractivity contribution in [2.75, 3.05) is 24.7 Å². The maximum Gasteiger partial charge on any atom is 0.255 e. The van der Waals surface area contributed by atoms with Crippen LogP contribution >= 0.6 is 0 Å². The molecule has 8 nitrogen and oxygen atoms in total. The molecule has 0 aliphatic carbocycles. The van der Waals surface area contributed by atoms with Crippen molar-refractivity contribution in [1.82, 2.24) is 10.3 Å². The van der Waals surface area contributed by atoms with E-state index >= 15 is 0 Å². The standard InChI is InChI=1S/C31H23F2N3O5S/c1-34-30(37)27-22-15-21(18-6-4-7-19(14-18)31-35-28-23(33)8-5-9-25(28)41-31)24(36(2)42(3,38)39)16-26(22)40-29(27)17-10-12-20(32)13-11-17/h4-16H,1-3H3,(H,34,37). The third-order valence-electron chi connectivity index (χ3n) is 6.99. The van der Waals surface area contributed by atoms with E-state index in [2.05, 4.69) is 10.3 Å². The Balaban J connectivity index is 1.60. The van der Waals surface area contributed by atoms with Crippen LogP contribution < -0.4 is 9.62 Å². The van der Waals surface area contributed by atoms with Gasteiger partial charge < -0.3 is 14.2 Å². The Morgan fingerprint density at radius 1 is 0.881 bits per heavy atom. The SMILES string of the molecule is CNC(=O)c1c(-c2ccc(F)cc2)oc2cc(N(C)S(C)(=O)=O)c(-c3cccc(-c4nc5c(F)cccc5o4)c3)cc12. The van der Waals surface area contributed by atoms with Gasteiger partial charge in [-0.3, -0.25) is 9.10 Å². The second-order valence-electron chi connectivity index (χ2n) is 9.67. The van der Waals surface area contributed by atoms with Gasteiger partial charge in [0.25, 0.3) is 5.91 Å². The molecular weight excluding hydrogens is 564 g/mol. The number of carbonyl (C=O) groups excluding carboxylic acids is 1. The molecule has 2 aromatic heterocycles. The Labute approximate surface area is 239 Å². The molecule has 42 heavy (non-hydrogen) atoms. The lowest BCUT2D eigenvalue weighted by molar-refractivity contribution is 0.0964. The zero-order valence-electron chi connectivity index (χ0n) is 22.6. The van der Waals surface area contributed by atoms with Crippen molar-refractivity contribution in [1.29, 1.82) is 0 Å². The molecule has 0 saturated carbocycles. The first-order valence-electron chi connectivity index (χ1n) is 12.7. The maximum absolute atomic E-state index is 14.3. The predicted octanol–water partition coefficient (Wildman–Crippen LogP) is 6.61. The first-order valence-corrected chi connectivity index (χ1v) is 14.6. The van der Waals surface area contributed by atoms with Gasteiger partial charge in [0.1, 0.15) is 22.7 Å². The van der Waals surface area contributed by atoms with Crippen molar-refractivity contribution in [2.24, 2.45) is 0 Å². The molecule has 6 rings (SSSR count). The van der Waals surface area contributed by atoms with E-state index in [4.69, 9.17) is 8.83 Å². The molecule has 0 spiro atoms. The van der Waals surface area contributed by atoms with E-state index in [1.807, 2.05) is 0 Å². The van der Waals surface area contributed by atoms with Gasteiger partial charge in [0, 0.05) is 42.2 Å². The smallest absolute Gasteiger partial charge is 0.255 e. The van der Waals surface area contributed by atoms with E-state index in [1.165, 1.54) is 50.5 Å². The first kappa shape index (κ1) is 27.2. The average Bonchev–Trinajstić information content (AvgIpc) is 3.58. The van der Waals surface area contributed by atoms with Gasteiger partial charge in [-0.1, -0.05) is 18.2 Å². The van der Waals surface area contributed by atoms with E-state index in [-0.39, 0.29) is 39.6 Å². The number of rotatable bonds is 6. The highest BCUT2D eigenvalue weighted by atomic mass is 32.2. The second-order valence-corrected chi connectivity index (χ2v) is 11.7. The van der Waals surface area contributed by atoms with E-state index in [1.54, 1.807) is 42.5 Å². The monoisotopic (exact) mass is 587 g/mol. The highest BCUT2D eigenvalue weighted by molar-refractivity contribution is 7.92. The van der Waals surface area contributed by atoms with Gasteiger partial charge in [-0.15, -0.1) is 0 Å². The lowest BCUT2D eigenvalue weighted by Crippen LogP contribution is -2.25. The quantitative estimate of drug-likeness (QED) is 0.235. The van der Waals surface area contributed by atoms with Crippen LogP contribution in [0.15, 0.2) is 87.7 Å². The van der Waals surface area contributed by atoms with Gasteiger partial charge in [0.2, 0.25) is 15.9 Å². The number of amides is 1. The zero-order chi connectivity index (χ0) is 29.8. The summed E-state index contributed by atoms with van der Waals surface area (Å²) >= 11 is 0. The summed E-state index contributed by atoms with van der Waals surface area (Å²) in [4.78, 5) is 17.4. The summed E-state index contributed by atoms with van der Waals surface area (Å²) in [7, 11) is -0.828. The topological polar surface area (TPSA) is 106 Å². The minimum Gasteiger partial charge on any atom is -0.455 e. The molecule has 0 atom stereocenters. The average molecular weight is 588 g/mol. The molecule has 4 aromatic carbocycles. The summed E-state index contributed by atoms with van der Waals surface area (Å²) in [5.74, 6) is -1.01. The van der Waals surface area contributed by atoms with Gasteiger partial charge in [-0.05, 0) is 60.2 Å². The number of para-hydroxylation sites is 1. The van der Waals surface area contributed by atoms with Crippen LogP contribution in [0.3, 0.4) is 0 Å². The van der Waals surface area contributed by atoms with Crippen LogP contribution in [0.1, 0.15) is 10.4 Å². The number of sulfonamides is 1. The number of nitrogens with one attached hydrogen (secondary N) is 1. The number of hydrogen-bond donors (Lipinski definition) is 1. The molecule has 2 heterocycles. The van der Waals surface area contributed by atoms with Crippen LogP contribution in [0.25, 0.3) is 56.0 Å². The fraction of sp³-hybridized carbons (Fsp3) is 0.0968. The number of carbonyl (C=O) groups is 1. The second kappa shape index (κ2) is 10.1. The summed E-state index contributed by atoms with van der Waals surface area (Å²) in [5, 5.41) is 3.04. The van der Waals surface area contributed by atoms with Gasteiger partial charge in [-0.25, -0.2) is 22.2 Å². The fourth-order valence-electron chi connectivity index (χ4n) is 4.82. The summed E-state index contributed by atoms with van der Waals surface area (Å²) in [6, 6.07) is 20.2. The van der Waals surface area contributed by atoms with Crippen molar-refractivity contribution in [3.63, 3.8) is 0 Å². The van der Waals surface area contributed by atoms with Crippen LogP contribution in [0.4, 0.5) is 14.5 Å². The summed E-state index contributed by atoms with van der Waals surface area (Å²) < 4.78 is 66.4. The van der Waals surface area contributed by atoms with Gasteiger partial charge in [0.15, 0.2) is 11.4 Å². The molecule has 0 bridgehead atoms. The number of furan rings is 1. The van der Waals surface area contributed by atoms with E-state index in [0.717, 1.165) is 10.6 Å². The highest BCUT2D eigenvalue weighted by Crippen LogP contribution is 2.42. The number of anilines is 1. The van der Waals surface area contributed by atoms with Crippen molar-refractivity contribution >= 4 is 43.7 Å². The normalized spacial score (nSPS) is 11.7. The number of aromatic nitrogens is 1. The minimum atomic E-state index is -3.72. The van der Waals surface area contributed by atoms with E-state index < -0.39 is 27.6 Å². The molecule has 0 unspecified atom stereocenters. The van der Waals surface area contributed by atoms with Crippen LogP contribution in [0.5, 0.6) is 0 Å². The third kappa shape index (κ3) is 4.67. The molecule has 6 aromatic rings. The molecule has 0 aliphatic heterocycles. The Kier molecular flexibility index (Phi) is 6.53. The molecule has 0 aliphatic rings. The number of fused-ring (bicyclic) bond motifs is 2. The Morgan fingerprint density at radius 3 is 2.29 bits per heavy atom. The molecule has 11 heteroatoms. The molecule has 0 radical (unpaired) electrons. The van der Waals surface area contributed by atoms with Crippen molar-refractivity contribution in [3.8, 4) is 33.9 Å². The van der Waals surface area contributed by atoms with E-state index in [0.29, 0.717) is 27.6 Å². The van der Waals surface area contributed by atoms with Crippen LogP contribution in [0.2, 0.25) is 0 Å². The molecule has 1 amide bonds. The largest absolute Gasteiger partial charge is 0.455 e. The lowest BCUT2D eigenvalue weighted by atomic mass is 9.97. The number of benzene rings is 4. The number of hydrogen-bond acceptors (Lipinski definition) is 6. The molecular formula is C31H23F2N3O5S. The number of nitrogens with zero attached hydrogens (tertiary/aromatic N) is 2. The van der Waals surface area contributed by atoms with E-state index in [9.17, 15) is 22.0 Å². The molecule has 0 fully saturated rings. The molecule has 0 saturated heterocycles. The maximum atomic E-state index is 14.3. The zero-order valence-corrected chi connectivity index (χ0v) is 23.4. The minimum absolute atomic E-state index is 0.0961. The van der Waals surface area contributed by atoms with Crippen molar-refractivity contribution in [3.05, 3.63) is 96.1 Å². The number of oxazole rings is 1. The van der Waals surface area contributed by atoms with Crippen LogP contribution in [0, 0.1) is 11.6 Å². The Bertz CT molecular complexity index is 2120. The summed E-state index contributed by atoms with van der Waals surface area (Å²) in [6.45, 7) is 0. The molecule has 1 N–H and O–H groups in total. The van der Waals surface area contributed by atoms with Crippen LogP contribution in [-0.4, -0.2) is 39.7 Å². The van der Waals surface area contributed by atoms with Gasteiger partial charge in [-0.2, -0.15) is 0 Å². The first-order chi connectivity index (χ1) is 20.0. The Hall–Kier alpha value is -5.03. The Morgan fingerprint density at radius 2 is 1.60 bits per heavy atom. The van der Waals surface area contributed by atoms with Gasteiger partial charge in [0.05, 0.1) is 17.5 Å². The highest BCUT2D eigenvalue weighted by Gasteiger charge is 2.26. The summed E-state index contributed by atoms with van der Waals surface area (Å²) in [5.41, 5.74) is 3.18. The number of halogens is 2. The van der Waals surface area contributed by atoms with Crippen molar-refractivity contribution in [2.45, 2.75) is 0 Å². The van der Waals surface area contributed by atoms with Crippen LogP contribution in [-0.2, 0) is 10.0 Å². The third-order valence-corrected chi connectivity index (χ3v) is 8.19. The van der Waals surface area contributed by atoms with Gasteiger partial charge >= 0.3 is 0 Å². The lowest BCUT2D eigenvalue weighted by Gasteiger charge is -2.21. The molecule has 212 valence electrons. The summed E-state index contributed by atoms with van der Waals surface area (Å²) in [6.07, 6.45) is 1.08. The fourth-order valence-corrected chi connectivity index (χ4v) is 5.32. The van der Waals surface area contributed by atoms with Crippen molar-refractivity contribution < 1.29 is 30.8 Å². The predicted molar refractivity (Wildman–Crippen MR) is 157 cm³/mol.